The van der Waals surface area contributed by atoms with Gasteiger partial charge in [-0.2, -0.15) is 0 Å². The van der Waals surface area contributed by atoms with Crippen LogP contribution in [0.2, 0.25) is 0 Å². The molecule has 38 heavy (non-hydrogen) atoms. The number of phenols is 2. The predicted molar refractivity (Wildman–Crippen MR) is 159 cm³/mol. The van der Waals surface area contributed by atoms with Gasteiger partial charge in [-0.3, -0.25) is 9.88 Å². The van der Waals surface area contributed by atoms with E-state index < -0.39 is 0 Å². The minimum atomic E-state index is -0.105. The number of rotatable bonds is 8. The molecule has 0 fully saturated rings. The molecule has 0 aliphatic carbocycles. The van der Waals surface area contributed by atoms with Crippen LogP contribution in [0.3, 0.4) is 0 Å². The molecule has 0 amide bonds. The fourth-order valence-electron chi connectivity index (χ4n) is 4.81. The lowest BCUT2D eigenvalue weighted by atomic mass is 9.84. The summed E-state index contributed by atoms with van der Waals surface area (Å²) in [7, 11) is 8.15. The summed E-state index contributed by atoms with van der Waals surface area (Å²) in [6.45, 7) is 14.6. The fourth-order valence-corrected chi connectivity index (χ4v) is 4.81. The van der Waals surface area contributed by atoms with Crippen molar-refractivity contribution < 1.29 is 10.2 Å². The maximum absolute atomic E-state index is 11.1. The zero-order valence-corrected chi connectivity index (χ0v) is 24.9. The fraction of sp³-hybridized carbons (Fsp3) is 0.469. The molecule has 206 valence electrons. The summed E-state index contributed by atoms with van der Waals surface area (Å²) in [5, 5.41) is 22.2. The van der Waals surface area contributed by atoms with E-state index in [0.717, 1.165) is 39.3 Å². The summed E-state index contributed by atoms with van der Waals surface area (Å²) in [6.07, 6.45) is 1.80. The van der Waals surface area contributed by atoms with Crippen molar-refractivity contribution >= 4 is 11.4 Å². The van der Waals surface area contributed by atoms with Gasteiger partial charge < -0.3 is 20.0 Å². The summed E-state index contributed by atoms with van der Waals surface area (Å²) < 4.78 is 0. The molecule has 0 saturated heterocycles. The van der Waals surface area contributed by atoms with Crippen molar-refractivity contribution in [1.82, 2.24) is 9.88 Å². The smallest absolute Gasteiger partial charge is 0.120 e. The molecule has 6 nitrogen and oxygen atoms in total. The molecule has 0 spiro atoms. The van der Waals surface area contributed by atoms with Crippen molar-refractivity contribution in [2.45, 2.75) is 72.0 Å². The van der Waals surface area contributed by atoms with E-state index in [9.17, 15) is 10.2 Å². The molecule has 2 aromatic carbocycles. The molecule has 0 bridgehead atoms. The Hall–Kier alpha value is -3.25. The number of anilines is 2. The van der Waals surface area contributed by atoms with E-state index in [1.807, 2.05) is 58.5 Å². The Balaban J connectivity index is 2.06. The Morgan fingerprint density at radius 3 is 1.45 bits per heavy atom. The van der Waals surface area contributed by atoms with Crippen LogP contribution in [-0.4, -0.2) is 48.3 Å². The van der Waals surface area contributed by atoms with Crippen LogP contribution in [0.1, 0.15) is 69.5 Å². The summed E-state index contributed by atoms with van der Waals surface area (Å²) >= 11 is 0. The van der Waals surface area contributed by atoms with Crippen molar-refractivity contribution in [3.63, 3.8) is 0 Å². The standard InChI is InChI=1S/C32H46N4O2/c1-31(2,3)25-17-29(37)22(15-27(25)34(7)8)19-36(21-24-13-11-12-14-33-24)20-23-16-28(35(9)10)26(18-30(23)38)32(4,5)6/h11-18,37-38H,19-21H2,1-10H3. The topological polar surface area (TPSA) is 63.1 Å². The number of hydrogen-bond donors (Lipinski definition) is 2. The Bertz CT molecular complexity index is 1160. The van der Waals surface area contributed by atoms with Crippen LogP contribution in [0.25, 0.3) is 0 Å². The number of pyridine rings is 1. The first-order valence-electron chi connectivity index (χ1n) is 13.3. The normalized spacial score (nSPS) is 12.2. The first kappa shape index (κ1) is 29.3. The van der Waals surface area contributed by atoms with E-state index in [-0.39, 0.29) is 22.3 Å². The third-order valence-corrected chi connectivity index (χ3v) is 6.87. The van der Waals surface area contributed by atoms with E-state index in [1.54, 1.807) is 6.20 Å². The molecule has 0 atom stereocenters. The quantitative estimate of drug-likeness (QED) is 0.359. The molecular formula is C32H46N4O2. The molecule has 6 heteroatoms. The molecule has 0 radical (unpaired) electrons. The van der Waals surface area contributed by atoms with E-state index >= 15 is 0 Å². The van der Waals surface area contributed by atoms with Gasteiger partial charge >= 0.3 is 0 Å². The molecule has 0 unspecified atom stereocenters. The molecule has 0 saturated carbocycles. The Morgan fingerprint density at radius 2 is 1.11 bits per heavy atom. The van der Waals surface area contributed by atoms with Gasteiger partial charge in [0.05, 0.1) is 5.69 Å². The first-order chi connectivity index (χ1) is 17.6. The highest BCUT2D eigenvalue weighted by atomic mass is 16.3. The summed E-state index contributed by atoms with van der Waals surface area (Å²) in [4.78, 5) is 11.0. The third-order valence-electron chi connectivity index (χ3n) is 6.87. The van der Waals surface area contributed by atoms with Crippen LogP contribution in [-0.2, 0) is 30.5 Å². The summed E-state index contributed by atoms with van der Waals surface area (Å²) in [6, 6.07) is 13.9. The molecular weight excluding hydrogens is 472 g/mol. The highest BCUT2D eigenvalue weighted by Crippen LogP contribution is 2.39. The molecule has 3 aromatic rings. The van der Waals surface area contributed by atoms with Gasteiger partial charge in [-0.25, -0.2) is 0 Å². The first-order valence-corrected chi connectivity index (χ1v) is 13.3. The minimum Gasteiger partial charge on any atom is -0.508 e. The van der Waals surface area contributed by atoms with Crippen molar-refractivity contribution in [2.24, 2.45) is 0 Å². The second-order valence-electron chi connectivity index (χ2n) is 12.8. The van der Waals surface area contributed by atoms with Gasteiger partial charge in [0.15, 0.2) is 0 Å². The van der Waals surface area contributed by atoms with E-state index in [0.29, 0.717) is 19.6 Å². The lowest BCUT2D eigenvalue weighted by Gasteiger charge is -2.30. The second-order valence-corrected chi connectivity index (χ2v) is 12.8. The Labute approximate surface area is 229 Å². The van der Waals surface area contributed by atoms with Crippen LogP contribution >= 0.6 is 0 Å². The Kier molecular flexibility index (Phi) is 8.67. The number of aromatic hydroxyl groups is 2. The monoisotopic (exact) mass is 518 g/mol. The maximum atomic E-state index is 11.1. The predicted octanol–water partition coefficient (Wildman–Crippen LogP) is 6.42. The van der Waals surface area contributed by atoms with Gasteiger partial charge in [0.25, 0.3) is 0 Å². The molecule has 0 aliphatic heterocycles. The summed E-state index contributed by atoms with van der Waals surface area (Å²) in [5.74, 6) is 0.570. The van der Waals surface area contributed by atoms with Crippen molar-refractivity contribution in [2.75, 3.05) is 38.0 Å². The molecule has 2 N–H and O–H groups in total. The Morgan fingerprint density at radius 1 is 0.658 bits per heavy atom. The van der Waals surface area contributed by atoms with Crippen molar-refractivity contribution in [3.05, 3.63) is 76.6 Å². The molecule has 1 aromatic heterocycles. The summed E-state index contributed by atoms with van der Waals surface area (Å²) in [5.41, 5.74) is 6.80. The van der Waals surface area contributed by atoms with Crippen LogP contribution in [0, 0.1) is 0 Å². The number of phenolic OH excluding ortho intramolecular Hbond substituents is 2. The highest BCUT2D eigenvalue weighted by molar-refractivity contribution is 5.62. The van der Waals surface area contributed by atoms with E-state index in [2.05, 4.69) is 73.4 Å². The van der Waals surface area contributed by atoms with Crippen LogP contribution in [0.15, 0.2) is 48.7 Å². The zero-order chi connectivity index (χ0) is 28.4. The van der Waals surface area contributed by atoms with Gasteiger partial charge in [0.1, 0.15) is 11.5 Å². The average molecular weight is 519 g/mol. The van der Waals surface area contributed by atoms with E-state index in [1.165, 1.54) is 0 Å². The largest absolute Gasteiger partial charge is 0.508 e. The molecule has 0 aliphatic rings. The van der Waals surface area contributed by atoms with Gasteiger partial charge in [-0.15, -0.1) is 0 Å². The van der Waals surface area contributed by atoms with Crippen LogP contribution < -0.4 is 9.80 Å². The average Bonchev–Trinajstić information content (AvgIpc) is 2.80. The van der Waals surface area contributed by atoms with Crippen molar-refractivity contribution in [3.8, 4) is 11.5 Å². The van der Waals surface area contributed by atoms with Crippen LogP contribution in [0.5, 0.6) is 11.5 Å². The maximum Gasteiger partial charge on any atom is 0.120 e. The minimum absolute atomic E-state index is 0.105. The van der Waals surface area contributed by atoms with Gasteiger partial charge in [-0.05, 0) is 58.4 Å². The molecule has 3 rings (SSSR count). The number of hydrogen-bond acceptors (Lipinski definition) is 6. The van der Waals surface area contributed by atoms with Crippen molar-refractivity contribution in [1.29, 1.82) is 0 Å². The zero-order valence-electron chi connectivity index (χ0n) is 24.9. The highest BCUT2D eigenvalue weighted by Gasteiger charge is 2.25. The number of benzene rings is 2. The second kappa shape index (κ2) is 11.2. The number of nitrogens with zero attached hydrogens (tertiary/aromatic N) is 4. The number of aromatic nitrogens is 1. The molecule has 1 heterocycles. The van der Waals surface area contributed by atoms with Gasteiger partial charge in [-0.1, -0.05) is 47.6 Å². The van der Waals surface area contributed by atoms with Gasteiger partial charge in [0, 0.05) is 76.5 Å². The third kappa shape index (κ3) is 6.98. The van der Waals surface area contributed by atoms with Gasteiger partial charge in [0.2, 0.25) is 0 Å². The SMILES string of the molecule is CN(C)c1cc(CN(Cc2ccccn2)Cc2cc(N(C)C)c(C(C)(C)C)cc2O)c(O)cc1C(C)(C)C. The van der Waals surface area contributed by atoms with E-state index in [4.69, 9.17) is 0 Å². The lowest BCUT2D eigenvalue weighted by Crippen LogP contribution is -2.25. The van der Waals surface area contributed by atoms with Crippen LogP contribution in [0.4, 0.5) is 11.4 Å². The lowest BCUT2D eigenvalue weighted by molar-refractivity contribution is 0.238.